The highest BCUT2D eigenvalue weighted by Gasteiger charge is 2.64. The molecule has 2 heterocycles. The lowest BCUT2D eigenvalue weighted by Crippen LogP contribution is -2.94. The highest BCUT2D eigenvalue weighted by molar-refractivity contribution is 7.85. The number of nitrogens with zero attached hydrogens (tertiary/aromatic N) is 2. The van der Waals surface area contributed by atoms with E-state index in [9.17, 15) is 27.6 Å². The molecule has 14 heteroatoms. The maximum Gasteiger partial charge on any atom is 0.728 e. The minimum Gasteiger partial charge on any atom is -0.392 e. The number of aryl methyl sites for hydroxylation is 1. The molecule has 45 heavy (non-hydrogen) atoms. The number of amides is 4. The van der Waals surface area contributed by atoms with Gasteiger partial charge in [-0.05, 0) is 83.9 Å². The van der Waals surface area contributed by atoms with Crippen molar-refractivity contribution in [2.45, 2.75) is 101 Å². The molecule has 1 aromatic carbocycles. The molecular weight excluding hydrogens is 643 g/mol. The van der Waals surface area contributed by atoms with E-state index in [-0.39, 0.29) is 32.8 Å². The van der Waals surface area contributed by atoms with Gasteiger partial charge < -0.3 is 15.0 Å². The van der Waals surface area contributed by atoms with Crippen molar-refractivity contribution in [3.8, 4) is 6.07 Å². The Bertz CT molecular complexity index is 1550. The molecular formula is C31H40Cl2N4O7S+2. The van der Waals surface area contributed by atoms with Gasteiger partial charge in [-0.3, -0.25) is 9.59 Å². The van der Waals surface area contributed by atoms with Gasteiger partial charge in [0.25, 0.3) is 0 Å². The number of carbonyl (C=O) groups is 4. The largest absolute Gasteiger partial charge is 0.728 e. The minimum absolute atomic E-state index is 0.110. The number of primary sulfonamides is 1. The van der Waals surface area contributed by atoms with Gasteiger partial charge in [-0.25, -0.2) is 4.79 Å². The number of nitrogens with two attached hydrogens (primary N) is 1. The number of carbonyl (C=O) groups excluding carboxylic acids is 4. The Morgan fingerprint density at radius 2 is 1.87 bits per heavy atom. The van der Waals surface area contributed by atoms with E-state index in [4.69, 9.17) is 27.9 Å². The van der Waals surface area contributed by atoms with Crippen LogP contribution in [0.5, 0.6) is 0 Å². The van der Waals surface area contributed by atoms with Crippen LogP contribution in [0.3, 0.4) is 0 Å². The topological polar surface area (TPSA) is 148 Å². The van der Waals surface area contributed by atoms with Crippen LogP contribution in [-0.4, -0.2) is 60.9 Å². The fourth-order valence-corrected chi connectivity index (χ4v) is 8.24. The molecule has 1 saturated carbocycles. The molecule has 11 nitrogen and oxygen atoms in total. The van der Waals surface area contributed by atoms with Gasteiger partial charge in [-0.2, -0.15) is 17.9 Å². The highest BCUT2D eigenvalue weighted by Crippen LogP contribution is 2.45. The molecule has 0 bridgehead atoms. The van der Waals surface area contributed by atoms with Crippen molar-refractivity contribution in [2.75, 3.05) is 6.54 Å². The van der Waals surface area contributed by atoms with E-state index in [1.807, 2.05) is 12.2 Å². The minimum atomic E-state index is -4.30. The number of nitrogens with one attached hydrogen (secondary N) is 1. The summed E-state index contributed by atoms with van der Waals surface area (Å²) >= 11 is 12.2. The number of quaternary nitrogens is 1. The summed E-state index contributed by atoms with van der Waals surface area (Å²) < 4.78 is 32.6. The van der Waals surface area contributed by atoms with Crippen LogP contribution in [0.25, 0.3) is 4.85 Å². The zero-order valence-electron chi connectivity index (χ0n) is 25.9. The summed E-state index contributed by atoms with van der Waals surface area (Å²) in [4.78, 5) is 58.4. The SMILES string of the molecule is Cc1cc(Cl)cc(Cl)c1S(=O)(=O)[NH2+]C(=O)C12CC1C=CCCCCCC(C#[N+]C(=O)OC(C)(C)C)C(=O)N1CCCC1C(=O)N2. The zero-order chi connectivity index (χ0) is 33.2. The first-order chi connectivity index (χ1) is 21.0. The predicted octanol–water partition coefficient (Wildman–Crippen LogP) is 4.35. The Morgan fingerprint density at radius 3 is 2.56 bits per heavy atom. The Kier molecular flexibility index (Phi) is 10.7. The van der Waals surface area contributed by atoms with E-state index in [1.54, 1.807) is 20.8 Å². The number of halogens is 2. The molecule has 4 rings (SSSR count). The van der Waals surface area contributed by atoms with Gasteiger partial charge in [0.05, 0.1) is 9.87 Å². The predicted molar refractivity (Wildman–Crippen MR) is 168 cm³/mol. The quantitative estimate of drug-likeness (QED) is 0.451. The van der Waals surface area contributed by atoms with E-state index in [1.165, 1.54) is 24.0 Å². The number of primary amides is 1. The van der Waals surface area contributed by atoms with Crippen molar-refractivity contribution in [1.82, 2.24) is 10.2 Å². The summed E-state index contributed by atoms with van der Waals surface area (Å²) in [6.45, 7) is 6.96. The van der Waals surface area contributed by atoms with Crippen molar-refractivity contribution >= 4 is 57.0 Å². The fourth-order valence-electron chi connectivity index (χ4n) is 5.88. The van der Waals surface area contributed by atoms with E-state index in [0.29, 0.717) is 43.4 Å². The fraction of sp³-hybridized carbons (Fsp3) is 0.581. The van der Waals surface area contributed by atoms with Crippen molar-refractivity contribution < 1.29 is 37.1 Å². The number of rotatable bonds is 3. The molecule has 3 N–H and O–H groups in total. The second kappa shape index (κ2) is 13.8. The maximum absolute atomic E-state index is 13.7. The number of sulfonamides is 1. The lowest BCUT2D eigenvalue weighted by Gasteiger charge is -2.27. The Balaban J connectivity index is 1.60. The third kappa shape index (κ3) is 8.44. The Labute approximate surface area is 273 Å². The molecule has 2 fully saturated rings. The number of ether oxygens (including phenoxy) is 1. The summed E-state index contributed by atoms with van der Waals surface area (Å²) in [5.74, 6) is -2.98. The molecule has 0 aromatic heterocycles. The lowest BCUT2D eigenvalue weighted by molar-refractivity contribution is -0.416. The average molecular weight is 684 g/mol. The zero-order valence-corrected chi connectivity index (χ0v) is 28.2. The smallest absolute Gasteiger partial charge is 0.392 e. The van der Waals surface area contributed by atoms with Gasteiger partial charge in [0.2, 0.25) is 11.8 Å². The van der Waals surface area contributed by atoms with Crippen molar-refractivity contribution in [3.63, 3.8) is 0 Å². The number of benzene rings is 1. The van der Waals surface area contributed by atoms with Gasteiger partial charge in [-0.15, -0.1) is 0 Å². The molecule has 1 aromatic rings. The van der Waals surface area contributed by atoms with Gasteiger partial charge in [0.1, 0.15) is 16.5 Å². The molecule has 1 saturated heterocycles. The third-order valence-electron chi connectivity index (χ3n) is 8.12. The number of hydrogen-bond donors (Lipinski definition) is 2. The van der Waals surface area contributed by atoms with Crippen molar-refractivity contribution in [3.05, 3.63) is 44.7 Å². The lowest BCUT2D eigenvalue weighted by atomic mass is 10.00. The summed E-state index contributed by atoms with van der Waals surface area (Å²) in [7, 11) is -4.30. The van der Waals surface area contributed by atoms with Crippen LogP contribution >= 0.6 is 23.2 Å². The highest BCUT2D eigenvalue weighted by atomic mass is 35.5. The van der Waals surface area contributed by atoms with E-state index >= 15 is 0 Å². The van der Waals surface area contributed by atoms with Crippen LogP contribution in [0.15, 0.2) is 29.2 Å². The van der Waals surface area contributed by atoms with Crippen LogP contribution < -0.4 is 10.0 Å². The Hall–Kier alpha value is -2.98. The molecule has 0 radical (unpaired) electrons. The van der Waals surface area contributed by atoms with E-state index in [2.05, 4.69) is 16.2 Å². The molecule has 2 aliphatic heterocycles. The summed E-state index contributed by atoms with van der Waals surface area (Å²) in [6.07, 6.45) is 7.43. The molecule has 4 atom stereocenters. The number of hydrogen-bond acceptors (Lipinski definition) is 7. The van der Waals surface area contributed by atoms with Gasteiger partial charge in [0.15, 0.2) is 11.5 Å². The molecule has 4 unspecified atom stereocenters. The van der Waals surface area contributed by atoms with Gasteiger partial charge >= 0.3 is 28.1 Å². The monoisotopic (exact) mass is 682 g/mol. The van der Waals surface area contributed by atoms with Crippen molar-refractivity contribution in [1.29, 1.82) is 0 Å². The van der Waals surface area contributed by atoms with Gasteiger partial charge in [0, 0.05) is 17.5 Å². The average Bonchev–Trinajstić information content (AvgIpc) is 3.37. The molecule has 0 spiro atoms. The van der Waals surface area contributed by atoms with E-state index < -0.39 is 56.9 Å². The first-order valence-electron chi connectivity index (χ1n) is 15.1. The standard InChI is InChI=1S/C31H38Cl2N4O7S/c1-19-15-22(32)16-23(33)25(19)45(42,43)36-28(40)31-17-21(31)12-9-7-5-6-8-11-20(18-34-29(41)44-30(2,3)4)27(39)37-14-10-13-24(37)26(38)35-31/h9,12,15-16,20-21,24H,5-8,10-11,13-14,17H2,1-4H3,(H-,35,36,38,40)/p+2. The molecule has 3 aliphatic rings. The Morgan fingerprint density at radius 1 is 1.13 bits per heavy atom. The van der Waals surface area contributed by atoms with E-state index in [0.717, 1.165) is 12.8 Å². The van der Waals surface area contributed by atoms with Crippen LogP contribution in [0, 0.1) is 24.8 Å². The maximum atomic E-state index is 13.7. The summed E-state index contributed by atoms with van der Waals surface area (Å²) in [5, 5.41) is 2.98. The molecule has 4 amide bonds. The number of allylic oxidation sites excluding steroid dienone is 1. The number of fused-ring (bicyclic) bond motifs is 2. The summed E-state index contributed by atoms with van der Waals surface area (Å²) in [6, 6.07) is 4.54. The van der Waals surface area contributed by atoms with Gasteiger partial charge in [-0.1, -0.05) is 48.2 Å². The first-order valence-corrected chi connectivity index (χ1v) is 17.4. The van der Waals surface area contributed by atoms with Crippen molar-refractivity contribution in [2.24, 2.45) is 11.8 Å². The first kappa shape index (κ1) is 34.9. The van der Waals surface area contributed by atoms with Crippen LogP contribution in [0.4, 0.5) is 4.79 Å². The normalized spacial score (nSPS) is 25.9. The molecule has 244 valence electrons. The van der Waals surface area contributed by atoms with Crippen LogP contribution in [-0.2, 0) is 29.1 Å². The third-order valence-corrected chi connectivity index (χ3v) is 10.4. The second-order valence-electron chi connectivity index (χ2n) is 12.9. The van der Waals surface area contributed by atoms with Crippen LogP contribution in [0.1, 0.15) is 77.7 Å². The molecule has 1 aliphatic carbocycles. The van der Waals surface area contributed by atoms with Crippen LogP contribution in [0.2, 0.25) is 10.0 Å². The second-order valence-corrected chi connectivity index (χ2v) is 15.4. The summed E-state index contributed by atoms with van der Waals surface area (Å²) in [5.41, 5.74) is -1.95.